The van der Waals surface area contributed by atoms with Gasteiger partial charge in [0.2, 0.25) is 5.95 Å². The Morgan fingerprint density at radius 1 is 1.12 bits per heavy atom. The highest BCUT2D eigenvalue weighted by atomic mass is 32.1. The Hall–Kier alpha value is -4.95. The monoisotopic (exact) mass is 569 g/mol. The van der Waals surface area contributed by atoms with Crippen molar-refractivity contribution < 1.29 is 23.9 Å². The summed E-state index contributed by atoms with van der Waals surface area (Å²) in [4.78, 5) is 48.4. The molecule has 41 heavy (non-hydrogen) atoms. The van der Waals surface area contributed by atoms with Gasteiger partial charge in [0.1, 0.15) is 21.9 Å². The molecule has 0 bridgehead atoms. The highest BCUT2D eigenvalue weighted by Gasteiger charge is 2.35. The Labute approximate surface area is 240 Å². The van der Waals surface area contributed by atoms with Crippen LogP contribution in [-0.2, 0) is 18.2 Å². The molecular weight excluding hydrogens is 542 g/mol. The molecule has 5 rings (SSSR count). The lowest BCUT2D eigenvalue weighted by Crippen LogP contribution is -2.44. The van der Waals surface area contributed by atoms with Gasteiger partial charge in [0, 0.05) is 37.5 Å². The van der Waals surface area contributed by atoms with Crippen molar-refractivity contribution in [3.8, 4) is 29.0 Å². The van der Waals surface area contributed by atoms with Crippen LogP contribution in [0.5, 0.6) is 5.75 Å². The molecule has 0 unspecified atom stereocenters. The molecule has 10 nitrogen and oxygen atoms in total. The Kier molecular flexibility index (Phi) is 7.34. The van der Waals surface area contributed by atoms with Crippen LogP contribution in [0.4, 0.5) is 10.7 Å². The third-order valence-electron chi connectivity index (χ3n) is 6.18. The fraction of sp³-hybridized carbons (Fsp3) is 0.233. The molecule has 0 saturated heterocycles. The summed E-state index contributed by atoms with van der Waals surface area (Å²) in [6.07, 6.45) is 1.29. The van der Waals surface area contributed by atoms with Crippen molar-refractivity contribution in [2.75, 3.05) is 12.3 Å². The molecule has 0 saturated carbocycles. The van der Waals surface area contributed by atoms with E-state index in [1.54, 1.807) is 68.6 Å². The van der Waals surface area contributed by atoms with Crippen molar-refractivity contribution >= 4 is 35.3 Å². The zero-order valence-electron chi connectivity index (χ0n) is 22.9. The van der Waals surface area contributed by atoms with Gasteiger partial charge in [-0.15, -0.1) is 11.3 Å². The summed E-state index contributed by atoms with van der Waals surface area (Å²) < 4.78 is 12.8. The van der Waals surface area contributed by atoms with E-state index in [2.05, 4.69) is 21.8 Å². The first-order valence-electron chi connectivity index (χ1n) is 12.7. The maximum Gasteiger partial charge on any atom is 0.417 e. The van der Waals surface area contributed by atoms with Crippen LogP contribution in [-0.4, -0.2) is 49.6 Å². The predicted molar refractivity (Wildman–Crippen MR) is 154 cm³/mol. The van der Waals surface area contributed by atoms with E-state index in [-0.39, 0.29) is 12.5 Å². The first-order valence-corrected chi connectivity index (χ1v) is 13.6. The number of hydrogen-bond donors (Lipinski definition) is 1. The second kappa shape index (κ2) is 10.9. The van der Waals surface area contributed by atoms with E-state index in [0.29, 0.717) is 45.1 Å². The van der Waals surface area contributed by atoms with Gasteiger partial charge in [-0.05, 0) is 56.5 Å². The van der Waals surface area contributed by atoms with Gasteiger partial charge < -0.3 is 19.8 Å². The summed E-state index contributed by atoms with van der Waals surface area (Å²) in [5.74, 6) is 5.69. The molecule has 4 aromatic rings. The Balaban J connectivity index is 1.44. The Bertz CT molecular complexity index is 1720. The van der Waals surface area contributed by atoms with Gasteiger partial charge in [-0.2, -0.15) is 0 Å². The molecular formula is C30H27N5O5S. The number of aromatic nitrogens is 3. The van der Waals surface area contributed by atoms with Gasteiger partial charge in [0.25, 0.3) is 5.91 Å². The number of hydrogen-bond acceptors (Lipinski definition) is 9. The minimum atomic E-state index is -0.725. The fourth-order valence-electron chi connectivity index (χ4n) is 4.32. The molecule has 0 atom stereocenters. The number of rotatable bonds is 3. The number of carbonyl (C=O) groups is 3. The Morgan fingerprint density at radius 3 is 2.66 bits per heavy atom. The van der Waals surface area contributed by atoms with E-state index in [0.717, 1.165) is 10.6 Å². The van der Waals surface area contributed by atoms with Crippen molar-refractivity contribution in [3.63, 3.8) is 0 Å². The minimum Gasteiger partial charge on any atom is -0.443 e. The van der Waals surface area contributed by atoms with Crippen molar-refractivity contribution in [1.82, 2.24) is 19.4 Å². The number of carbonyl (C=O) groups excluding carboxylic acids is 3. The number of ether oxygens (including phenoxy) is 2. The molecule has 11 heteroatoms. The SMILES string of the molecule is Cn1c(-c2nc(N)ncc2C#Cc2cccc(OC(=O)c3cccs3)c2)cc2c1CCN(C(=O)OC(C)(C)C)C2=O. The lowest BCUT2D eigenvalue weighted by atomic mass is 10.1. The Morgan fingerprint density at radius 2 is 1.93 bits per heavy atom. The van der Waals surface area contributed by atoms with E-state index < -0.39 is 23.6 Å². The van der Waals surface area contributed by atoms with Gasteiger partial charge in [-0.1, -0.05) is 24.0 Å². The summed E-state index contributed by atoms with van der Waals surface area (Å²) in [5.41, 5.74) is 8.50. The summed E-state index contributed by atoms with van der Waals surface area (Å²) in [6, 6.07) is 12.1. The molecule has 0 radical (unpaired) electrons. The molecule has 1 aliphatic rings. The number of esters is 1. The maximum absolute atomic E-state index is 13.3. The van der Waals surface area contributed by atoms with Gasteiger partial charge in [0.15, 0.2) is 0 Å². The van der Waals surface area contributed by atoms with Crippen LogP contribution < -0.4 is 10.5 Å². The topological polar surface area (TPSA) is 130 Å². The number of imide groups is 1. The number of amides is 2. The zero-order chi connectivity index (χ0) is 29.3. The van der Waals surface area contributed by atoms with Crippen LogP contribution in [0.25, 0.3) is 11.4 Å². The van der Waals surface area contributed by atoms with Crippen LogP contribution in [0.1, 0.15) is 57.6 Å². The van der Waals surface area contributed by atoms with Crippen molar-refractivity contribution in [2.24, 2.45) is 7.05 Å². The highest BCUT2D eigenvalue weighted by Crippen LogP contribution is 2.31. The lowest BCUT2D eigenvalue weighted by Gasteiger charge is -2.28. The third-order valence-corrected chi connectivity index (χ3v) is 7.03. The number of nitrogen functional groups attached to an aromatic ring is 1. The molecule has 0 fully saturated rings. The van der Waals surface area contributed by atoms with Crippen molar-refractivity contribution in [1.29, 1.82) is 0 Å². The highest BCUT2D eigenvalue weighted by molar-refractivity contribution is 7.12. The molecule has 4 heterocycles. The molecule has 1 aromatic carbocycles. The maximum atomic E-state index is 13.3. The fourth-order valence-corrected chi connectivity index (χ4v) is 4.92. The standard InChI is InChI=1S/C30H27N5O5S/c1-30(2,3)40-29(38)35-13-12-22-21(26(35)36)16-23(34(22)4)25-19(17-32-28(31)33-25)11-10-18-7-5-8-20(15-18)39-27(37)24-9-6-14-41-24/h5-9,14-17H,12-13H2,1-4H3,(H2,31,32,33). The molecule has 2 N–H and O–H groups in total. The number of nitrogens with zero attached hydrogens (tertiary/aromatic N) is 4. The lowest BCUT2D eigenvalue weighted by molar-refractivity contribution is 0.0232. The first kappa shape index (κ1) is 27.6. The summed E-state index contributed by atoms with van der Waals surface area (Å²) in [7, 11) is 1.82. The third kappa shape index (κ3) is 5.97. The van der Waals surface area contributed by atoms with E-state index in [4.69, 9.17) is 15.2 Å². The summed E-state index contributed by atoms with van der Waals surface area (Å²) in [5, 5.41) is 1.81. The molecule has 1 aliphatic heterocycles. The van der Waals surface area contributed by atoms with E-state index >= 15 is 0 Å². The quantitative estimate of drug-likeness (QED) is 0.214. The first-order chi connectivity index (χ1) is 19.5. The van der Waals surface area contributed by atoms with Crippen LogP contribution in [0.2, 0.25) is 0 Å². The average Bonchev–Trinajstić information content (AvgIpc) is 3.57. The second-order valence-corrected chi connectivity index (χ2v) is 11.2. The number of fused-ring (bicyclic) bond motifs is 1. The molecule has 0 spiro atoms. The van der Waals surface area contributed by atoms with Crippen LogP contribution in [0.3, 0.4) is 0 Å². The van der Waals surface area contributed by atoms with Crippen LogP contribution >= 0.6 is 11.3 Å². The van der Waals surface area contributed by atoms with E-state index in [9.17, 15) is 14.4 Å². The predicted octanol–water partition coefficient (Wildman–Crippen LogP) is 4.68. The van der Waals surface area contributed by atoms with Gasteiger partial charge in [-0.25, -0.2) is 24.5 Å². The van der Waals surface area contributed by atoms with Crippen molar-refractivity contribution in [2.45, 2.75) is 32.8 Å². The zero-order valence-corrected chi connectivity index (χ0v) is 23.7. The molecule has 2 amide bonds. The van der Waals surface area contributed by atoms with Gasteiger partial charge >= 0.3 is 12.1 Å². The van der Waals surface area contributed by atoms with Crippen LogP contribution in [0, 0.1) is 11.8 Å². The second-order valence-electron chi connectivity index (χ2n) is 10.3. The number of benzene rings is 1. The van der Waals surface area contributed by atoms with E-state index in [1.165, 1.54) is 17.5 Å². The van der Waals surface area contributed by atoms with Crippen molar-refractivity contribution in [3.05, 3.63) is 81.3 Å². The smallest absolute Gasteiger partial charge is 0.417 e. The number of nitrogens with two attached hydrogens (primary N) is 1. The van der Waals surface area contributed by atoms with E-state index in [1.807, 2.05) is 11.6 Å². The number of thiophene rings is 1. The largest absolute Gasteiger partial charge is 0.443 e. The minimum absolute atomic E-state index is 0.0499. The summed E-state index contributed by atoms with van der Waals surface area (Å²) in [6.45, 7) is 5.45. The average molecular weight is 570 g/mol. The van der Waals surface area contributed by atoms with Crippen LogP contribution in [0.15, 0.2) is 54.0 Å². The molecule has 0 aliphatic carbocycles. The normalized spacial score (nSPS) is 12.8. The number of anilines is 1. The van der Waals surface area contributed by atoms with Gasteiger partial charge in [0.05, 0.1) is 16.8 Å². The van der Waals surface area contributed by atoms with Gasteiger partial charge in [-0.3, -0.25) is 4.79 Å². The molecule has 208 valence electrons. The summed E-state index contributed by atoms with van der Waals surface area (Å²) >= 11 is 1.30. The molecule has 3 aromatic heterocycles.